The summed E-state index contributed by atoms with van der Waals surface area (Å²) < 4.78 is 5.37. The number of benzene rings is 2. The lowest BCUT2D eigenvalue weighted by molar-refractivity contribution is 0.0997. The van der Waals surface area contributed by atoms with Gasteiger partial charge in [-0.05, 0) is 87.3 Å². The van der Waals surface area contributed by atoms with Crippen molar-refractivity contribution < 1.29 is 9.53 Å². The maximum absolute atomic E-state index is 12.3. The number of hydrogen-bond donors (Lipinski definition) is 2. The van der Waals surface area contributed by atoms with Crippen LogP contribution >= 0.6 is 11.6 Å². The average molecular weight is 491 g/mol. The largest absolute Gasteiger partial charge is 0.480 e. The number of halogens is 1. The topological polar surface area (TPSA) is 117 Å². The molecule has 2 heterocycles. The smallest absolute Gasteiger partial charge is 0.256 e. The minimum absolute atomic E-state index is 0.0103. The zero-order chi connectivity index (χ0) is 25.1. The Bertz CT molecular complexity index is 1310. The molecule has 1 fully saturated rings. The first kappa shape index (κ1) is 24.5. The highest BCUT2D eigenvalue weighted by Gasteiger charge is 2.24. The second-order valence-electron chi connectivity index (χ2n) is 8.72. The van der Waals surface area contributed by atoms with E-state index in [0.29, 0.717) is 22.1 Å². The van der Waals surface area contributed by atoms with Crippen LogP contribution in [0.1, 0.15) is 45.8 Å². The summed E-state index contributed by atoms with van der Waals surface area (Å²) in [6.45, 7) is 4.31. The number of nitrogens with two attached hydrogens (primary N) is 1. The van der Waals surface area contributed by atoms with Crippen molar-refractivity contribution in [3.8, 4) is 23.2 Å². The second kappa shape index (κ2) is 10.3. The number of hydrogen-bond acceptors (Lipinski definition) is 7. The van der Waals surface area contributed by atoms with E-state index >= 15 is 0 Å². The Labute approximate surface area is 209 Å². The third-order valence-corrected chi connectivity index (χ3v) is 6.68. The molecule has 1 aromatic heterocycles. The molecule has 180 valence electrons. The molecule has 4 rings (SSSR count). The number of piperidine rings is 1. The normalized spacial score (nSPS) is 14.4. The number of ether oxygens (including phenoxy) is 1. The summed E-state index contributed by atoms with van der Waals surface area (Å²) >= 11 is 6.41. The van der Waals surface area contributed by atoms with E-state index in [4.69, 9.17) is 22.1 Å². The summed E-state index contributed by atoms with van der Waals surface area (Å²) in [5.41, 5.74) is 9.91. The van der Waals surface area contributed by atoms with Crippen LogP contribution in [0.25, 0.3) is 11.3 Å². The minimum atomic E-state index is -0.764. The van der Waals surface area contributed by atoms with E-state index in [9.17, 15) is 10.1 Å². The minimum Gasteiger partial charge on any atom is -0.480 e. The number of likely N-dealkylation sites (tertiary alicyclic amines) is 1. The Kier molecular flexibility index (Phi) is 7.20. The summed E-state index contributed by atoms with van der Waals surface area (Å²) in [6.07, 6.45) is 2.29. The number of primary amides is 1. The number of rotatable bonds is 6. The van der Waals surface area contributed by atoms with Crippen LogP contribution in [0.15, 0.2) is 36.4 Å². The third kappa shape index (κ3) is 5.21. The predicted octanol–water partition coefficient (Wildman–Crippen LogP) is 4.64. The first-order valence-electron chi connectivity index (χ1n) is 11.3. The zero-order valence-corrected chi connectivity index (χ0v) is 20.7. The molecule has 3 aromatic rings. The molecule has 3 N–H and O–H groups in total. The van der Waals surface area contributed by atoms with Crippen LogP contribution in [-0.4, -0.2) is 48.0 Å². The molecule has 1 amide bonds. The average Bonchev–Trinajstić information content (AvgIpc) is 2.84. The van der Waals surface area contributed by atoms with E-state index in [1.165, 1.54) is 18.2 Å². The Morgan fingerprint density at radius 1 is 1.23 bits per heavy atom. The van der Waals surface area contributed by atoms with E-state index in [2.05, 4.69) is 52.4 Å². The van der Waals surface area contributed by atoms with Crippen LogP contribution in [0.4, 0.5) is 11.6 Å². The van der Waals surface area contributed by atoms with Gasteiger partial charge in [-0.2, -0.15) is 10.2 Å². The fourth-order valence-electron chi connectivity index (χ4n) is 4.50. The van der Waals surface area contributed by atoms with Crippen molar-refractivity contribution in [1.82, 2.24) is 14.9 Å². The Morgan fingerprint density at radius 3 is 2.60 bits per heavy atom. The molecule has 35 heavy (non-hydrogen) atoms. The molecule has 2 aromatic carbocycles. The highest BCUT2D eigenvalue weighted by molar-refractivity contribution is 6.33. The van der Waals surface area contributed by atoms with Gasteiger partial charge in [-0.3, -0.25) is 4.79 Å². The number of carbonyl (C=O) groups is 1. The van der Waals surface area contributed by atoms with E-state index in [1.54, 1.807) is 18.2 Å². The number of carbonyl (C=O) groups excluding carboxylic acids is 1. The number of aromatic nitrogens is 2. The van der Waals surface area contributed by atoms with E-state index < -0.39 is 5.91 Å². The van der Waals surface area contributed by atoms with Crippen LogP contribution in [0.3, 0.4) is 0 Å². The number of methoxy groups -OCH3 is 1. The predicted molar refractivity (Wildman–Crippen MR) is 136 cm³/mol. The number of amides is 1. The van der Waals surface area contributed by atoms with Crippen molar-refractivity contribution in [2.45, 2.75) is 25.7 Å². The lowest BCUT2D eigenvalue weighted by Gasteiger charge is -2.30. The van der Waals surface area contributed by atoms with Gasteiger partial charge >= 0.3 is 0 Å². The number of anilines is 2. The fraction of sp³-hybridized carbons (Fsp3) is 0.308. The quantitative estimate of drug-likeness (QED) is 0.516. The van der Waals surface area contributed by atoms with E-state index in [1.807, 2.05) is 6.07 Å². The molecule has 0 bridgehead atoms. The highest BCUT2D eigenvalue weighted by atomic mass is 35.5. The molecule has 0 spiro atoms. The van der Waals surface area contributed by atoms with Crippen LogP contribution in [0, 0.1) is 18.3 Å². The molecule has 1 aliphatic heterocycles. The van der Waals surface area contributed by atoms with Crippen molar-refractivity contribution in [1.29, 1.82) is 5.26 Å². The molecular weight excluding hydrogens is 464 g/mol. The van der Waals surface area contributed by atoms with Crippen molar-refractivity contribution in [2.75, 3.05) is 32.6 Å². The van der Waals surface area contributed by atoms with Crippen molar-refractivity contribution in [3.05, 3.63) is 63.7 Å². The van der Waals surface area contributed by atoms with Crippen molar-refractivity contribution in [3.63, 3.8) is 0 Å². The van der Waals surface area contributed by atoms with Gasteiger partial charge in [0.25, 0.3) is 5.91 Å². The standard InChI is InChI=1S/C26H27ClN6O2/c1-15-12-18(5-6-19(15)17-8-10-33(2)11-9-17)30-26-31-23(22(24(29)34)25(32-26)35-3)20-13-16(14-28)4-7-21(20)27/h4-7,12-13,17H,8-11H2,1-3H3,(H2,29,34)(H,30,31,32). The van der Waals surface area contributed by atoms with Gasteiger partial charge in [-0.15, -0.1) is 0 Å². The van der Waals surface area contributed by atoms with Crippen LogP contribution < -0.4 is 15.8 Å². The number of nitrogens with one attached hydrogen (secondary N) is 1. The first-order chi connectivity index (χ1) is 16.8. The summed E-state index contributed by atoms with van der Waals surface area (Å²) in [5.74, 6) is 0.0163. The monoisotopic (exact) mass is 490 g/mol. The molecule has 1 saturated heterocycles. The van der Waals surface area contributed by atoms with Gasteiger partial charge < -0.3 is 20.7 Å². The van der Waals surface area contributed by atoms with E-state index in [-0.39, 0.29) is 23.1 Å². The van der Waals surface area contributed by atoms with Gasteiger partial charge in [0.15, 0.2) is 0 Å². The van der Waals surface area contributed by atoms with Crippen molar-refractivity contribution >= 4 is 29.1 Å². The number of nitriles is 1. The first-order valence-corrected chi connectivity index (χ1v) is 11.7. The SMILES string of the molecule is COc1nc(Nc2ccc(C3CCN(C)CC3)c(C)c2)nc(-c2cc(C#N)ccc2Cl)c1C(N)=O. The van der Waals surface area contributed by atoms with Crippen LogP contribution in [0.5, 0.6) is 5.88 Å². The van der Waals surface area contributed by atoms with Gasteiger partial charge in [0.1, 0.15) is 5.56 Å². The summed E-state index contributed by atoms with van der Waals surface area (Å²) in [5, 5.41) is 12.9. The van der Waals surface area contributed by atoms with Crippen LogP contribution in [-0.2, 0) is 0 Å². The maximum atomic E-state index is 12.3. The van der Waals surface area contributed by atoms with Gasteiger partial charge in [0.05, 0.1) is 29.5 Å². The molecule has 1 aliphatic rings. The Hall–Kier alpha value is -3.67. The maximum Gasteiger partial charge on any atom is 0.256 e. The molecule has 0 radical (unpaired) electrons. The molecule has 0 aliphatic carbocycles. The van der Waals surface area contributed by atoms with Gasteiger partial charge in [-0.25, -0.2) is 4.98 Å². The van der Waals surface area contributed by atoms with Crippen LogP contribution in [0.2, 0.25) is 5.02 Å². The summed E-state index contributed by atoms with van der Waals surface area (Å²) in [4.78, 5) is 23.6. The van der Waals surface area contributed by atoms with Gasteiger partial charge in [0, 0.05) is 11.3 Å². The number of nitrogens with zero attached hydrogens (tertiary/aromatic N) is 4. The Morgan fingerprint density at radius 2 is 1.97 bits per heavy atom. The van der Waals surface area contributed by atoms with Crippen molar-refractivity contribution in [2.24, 2.45) is 5.73 Å². The second-order valence-corrected chi connectivity index (χ2v) is 9.13. The van der Waals surface area contributed by atoms with E-state index in [0.717, 1.165) is 31.6 Å². The van der Waals surface area contributed by atoms with Gasteiger partial charge in [0.2, 0.25) is 11.8 Å². The molecule has 0 atom stereocenters. The van der Waals surface area contributed by atoms with Gasteiger partial charge in [-0.1, -0.05) is 17.7 Å². The third-order valence-electron chi connectivity index (χ3n) is 6.35. The fourth-order valence-corrected chi connectivity index (χ4v) is 4.70. The molecule has 0 saturated carbocycles. The lowest BCUT2D eigenvalue weighted by atomic mass is 9.87. The summed E-state index contributed by atoms with van der Waals surface area (Å²) in [7, 11) is 3.56. The lowest BCUT2D eigenvalue weighted by Crippen LogP contribution is -2.29. The molecule has 8 nitrogen and oxygen atoms in total. The highest BCUT2D eigenvalue weighted by Crippen LogP contribution is 2.35. The molecule has 9 heteroatoms. The molecule has 0 unspecified atom stereocenters. The summed E-state index contributed by atoms with van der Waals surface area (Å²) in [6, 6.07) is 13.0. The Balaban J connectivity index is 1.72. The number of aryl methyl sites for hydroxylation is 1. The molecular formula is C26H27ClN6O2. The zero-order valence-electron chi connectivity index (χ0n) is 19.9.